The van der Waals surface area contributed by atoms with E-state index in [2.05, 4.69) is 6.58 Å². The molecule has 0 bridgehead atoms. The van der Waals surface area contributed by atoms with Gasteiger partial charge >= 0.3 is 5.97 Å². The lowest BCUT2D eigenvalue weighted by atomic mass is 9.81. The summed E-state index contributed by atoms with van der Waals surface area (Å²) in [7, 11) is -2.46. The number of methoxy groups -OCH3 is 1. The van der Waals surface area contributed by atoms with Gasteiger partial charge < -0.3 is 24.1 Å². The van der Waals surface area contributed by atoms with Crippen molar-refractivity contribution in [1.82, 2.24) is 4.31 Å². The van der Waals surface area contributed by atoms with Crippen LogP contribution >= 0.6 is 0 Å². The van der Waals surface area contributed by atoms with Crippen LogP contribution in [0.1, 0.15) is 22.3 Å². The summed E-state index contributed by atoms with van der Waals surface area (Å²) in [4.78, 5) is 26.0. The molecule has 1 aliphatic carbocycles. The molecule has 2 atom stereocenters. The number of fused-ring (bicyclic) bond motifs is 1. The van der Waals surface area contributed by atoms with E-state index >= 15 is 0 Å². The van der Waals surface area contributed by atoms with E-state index in [1.54, 1.807) is 12.1 Å². The second-order valence-corrected chi connectivity index (χ2v) is 11.3. The molecule has 0 radical (unpaired) electrons. The molecule has 0 amide bonds. The zero-order valence-corrected chi connectivity index (χ0v) is 23.5. The van der Waals surface area contributed by atoms with Crippen molar-refractivity contribution in [2.24, 2.45) is 5.92 Å². The number of ether oxygens (including phenoxy) is 4. The fourth-order valence-electron chi connectivity index (χ4n) is 4.68. The summed E-state index contributed by atoms with van der Waals surface area (Å²) < 4.78 is 49.4. The number of sulfonamides is 1. The van der Waals surface area contributed by atoms with Gasteiger partial charge in [-0.15, -0.1) is 0 Å². The number of rotatable bonds is 13. The van der Waals surface area contributed by atoms with Gasteiger partial charge in [-0.1, -0.05) is 43.0 Å². The smallest absolute Gasteiger partial charge is 0.373 e. The van der Waals surface area contributed by atoms with E-state index in [0.29, 0.717) is 23.3 Å². The predicted molar refractivity (Wildman–Crippen MR) is 150 cm³/mol. The van der Waals surface area contributed by atoms with Crippen molar-refractivity contribution >= 4 is 21.8 Å². The van der Waals surface area contributed by atoms with E-state index in [1.165, 1.54) is 37.5 Å². The summed E-state index contributed by atoms with van der Waals surface area (Å²) in [5.41, 5.74) is 2.07. The van der Waals surface area contributed by atoms with Gasteiger partial charge in [0.25, 0.3) is 0 Å². The topological polar surface area (TPSA) is 129 Å². The van der Waals surface area contributed by atoms with Crippen LogP contribution < -0.4 is 4.74 Å². The molecule has 0 saturated heterocycles. The number of aliphatic hydroxyl groups is 1. The van der Waals surface area contributed by atoms with Crippen LogP contribution in [-0.4, -0.2) is 75.9 Å². The molecule has 0 saturated carbocycles. The third kappa shape index (κ3) is 7.12. The summed E-state index contributed by atoms with van der Waals surface area (Å²) in [5.74, 6) is -0.935. The Morgan fingerprint density at radius 2 is 1.93 bits per heavy atom. The van der Waals surface area contributed by atoms with Crippen LogP contribution in [0.25, 0.3) is 0 Å². The van der Waals surface area contributed by atoms with Gasteiger partial charge in [-0.3, -0.25) is 4.79 Å². The Morgan fingerprint density at radius 3 is 2.63 bits per heavy atom. The van der Waals surface area contributed by atoms with Gasteiger partial charge in [0.05, 0.1) is 25.2 Å². The Hall–Kier alpha value is -3.77. The fraction of sp³-hybridized carbons (Fsp3) is 0.333. The van der Waals surface area contributed by atoms with Crippen LogP contribution in [0.3, 0.4) is 0 Å². The van der Waals surface area contributed by atoms with Crippen molar-refractivity contribution in [3.63, 3.8) is 0 Å². The summed E-state index contributed by atoms with van der Waals surface area (Å²) in [6.07, 6.45) is 4.69. The van der Waals surface area contributed by atoms with Crippen molar-refractivity contribution in [2.45, 2.75) is 24.0 Å². The molecule has 41 heavy (non-hydrogen) atoms. The first-order chi connectivity index (χ1) is 19.8. The molecule has 10 nitrogen and oxygen atoms in total. The molecule has 11 heteroatoms. The van der Waals surface area contributed by atoms with Crippen LogP contribution in [0.4, 0.5) is 0 Å². The van der Waals surface area contributed by atoms with E-state index in [4.69, 9.17) is 18.9 Å². The van der Waals surface area contributed by atoms with Crippen LogP contribution in [0, 0.1) is 5.92 Å². The maximum atomic E-state index is 13.3. The number of benzene rings is 2. The van der Waals surface area contributed by atoms with E-state index in [0.717, 1.165) is 9.87 Å². The highest BCUT2D eigenvalue weighted by atomic mass is 32.2. The molecule has 0 fully saturated rings. The Labute approximate surface area is 239 Å². The second kappa shape index (κ2) is 13.7. The maximum absolute atomic E-state index is 13.3. The summed E-state index contributed by atoms with van der Waals surface area (Å²) in [6.45, 7) is 2.79. The zero-order chi connectivity index (χ0) is 29.4. The number of Topliss-reactive ketones (excluding diaryl/α,β-unsaturated/α-hetero) is 1. The molecule has 2 aromatic carbocycles. The van der Waals surface area contributed by atoms with Gasteiger partial charge in [0.1, 0.15) is 12.4 Å². The monoisotopic (exact) mass is 583 g/mol. The highest BCUT2D eigenvalue weighted by molar-refractivity contribution is 7.89. The highest BCUT2D eigenvalue weighted by Crippen LogP contribution is 2.34. The van der Waals surface area contributed by atoms with Gasteiger partial charge in [0, 0.05) is 36.6 Å². The van der Waals surface area contributed by atoms with Crippen LogP contribution in [0.15, 0.2) is 89.6 Å². The molecule has 1 N–H and O–H groups in total. The van der Waals surface area contributed by atoms with Gasteiger partial charge in [0.2, 0.25) is 22.1 Å². The number of hydrogen-bond donors (Lipinski definition) is 1. The van der Waals surface area contributed by atoms with Crippen molar-refractivity contribution in [3.8, 4) is 5.75 Å². The predicted octanol–water partition coefficient (Wildman–Crippen LogP) is 3.04. The van der Waals surface area contributed by atoms with Crippen LogP contribution in [0.5, 0.6) is 5.75 Å². The molecule has 0 aromatic heterocycles. The summed E-state index contributed by atoms with van der Waals surface area (Å²) >= 11 is 0. The molecule has 2 aromatic rings. The Morgan fingerprint density at radius 1 is 1.17 bits per heavy atom. The van der Waals surface area contributed by atoms with E-state index in [-0.39, 0.29) is 49.2 Å². The number of aliphatic hydroxyl groups excluding tert-OH is 1. The number of carbonyl (C=O) groups excluding carboxylic acids is 2. The lowest BCUT2D eigenvalue weighted by molar-refractivity contribution is -0.161. The van der Waals surface area contributed by atoms with E-state index < -0.39 is 34.8 Å². The van der Waals surface area contributed by atoms with E-state index in [9.17, 15) is 23.1 Å². The minimum Gasteiger partial charge on any atom is -0.497 e. The molecule has 0 unspecified atom stereocenters. The first-order valence-corrected chi connectivity index (χ1v) is 14.6. The van der Waals surface area contributed by atoms with E-state index in [1.807, 2.05) is 24.3 Å². The normalized spacial score (nSPS) is 18.6. The zero-order valence-electron chi connectivity index (χ0n) is 22.7. The molecule has 1 heterocycles. The van der Waals surface area contributed by atoms with Crippen molar-refractivity contribution in [1.29, 1.82) is 0 Å². The number of allylic oxidation sites excluding steroid dienone is 3. The number of hydrogen-bond acceptors (Lipinski definition) is 9. The molecule has 218 valence electrons. The number of carbonyl (C=O) groups is 2. The largest absolute Gasteiger partial charge is 0.497 e. The van der Waals surface area contributed by atoms with Crippen LogP contribution in [0.2, 0.25) is 0 Å². The average molecular weight is 584 g/mol. The fourth-order valence-corrected chi connectivity index (χ4v) is 6.10. The minimum atomic E-state index is -3.94. The Kier molecular flexibility index (Phi) is 10.1. The Balaban J connectivity index is 1.48. The summed E-state index contributed by atoms with van der Waals surface area (Å²) in [5, 5.41) is 9.52. The maximum Gasteiger partial charge on any atom is 0.373 e. The first-order valence-electron chi connectivity index (χ1n) is 13.1. The number of ketones is 1. The minimum absolute atomic E-state index is 0.0237. The molecule has 2 aliphatic rings. The van der Waals surface area contributed by atoms with Crippen LogP contribution in [-0.2, 0) is 35.4 Å². The van der Waals surface area contributed by atoms with Gasteiger partial charge in [-0.2, -0.15) is 4.31 Å². The standard InChI is InChI=1S/C30H33NO9S/c1-3-17-39-30(34)27-19-22(26-13-8-21-6-4-5-7-25(21)29(26)33)20-28(40-27)38-18-15-31(14-16-32)41(35,36)24-11-9-23(37-2)10-12-24/h3-7,9-13,19,22,28,32H,1,8,14-18,20H2,2H3/t22-,28+/m0/s1. The number of nitrogens with zero attached hydrogens (tertiary/aromatic N) is 1. The van der Waals surface area contributed by atoms with Gasteiger partial charge in [-0.05, 0) is 42.3 Å². The van der Waals surface area contributed by atoms with Crippen molar-refractivity contribution in [3.05, 3.63) is 95.8 Å². The third-order valence-electron chi connectivity index (χ3n) is 6.75. The Bertz CT molecular complexity index is 1430. The lowest BCUT2D eigenvalue weighted by Crippen LogP contribution is -2.38. The molecule has 4 rings (SSSR count). The average Bonchev–Trinajstić information content (AvgIpc) is 2.99. The highest BCUT2D eigenvalue weighted by Gasteiger charge is 2.35. The second-order valence-electron chi connectivity index (χ2n) is 9.33. The third-order valence-corrected chi connectivity index (χ3v) is 8.66. The number of esters is 1. The molecule has 0 spiro atoms. The summed E-state index contributed by atoms with van der Waals surface area (Å²) in [6, 6.07) is 13.3. The SMILES string of the molecule is C=CCOC(=O)C1=C[C@H](C2=CCc3ccccc3C2=O)C[C@H](OCCN(CCO)S(=O)(=O)c2ccc(OC)cc2)O1. The lowest BCUT2D eigenvalue weighted by Gasteiger charge is -2.31. The van der Waals surface area contributed by atoms with Gasteiger partial charge in [0.15, 0.2) is 5.78 Å². The molecular formula is C30H33NO9S. The van der Waals surface area contributed by atoms with Gasteiger partial charge in [-0.25, -0.2) is 13.2 Å². The van der Waals surface area contributed by atoms with Crippen molar-refractivity contribution < 1.29 is 42.1 Å². The van der Waals surface area contributed by atoms with Crippen molar-refractivity contribution in [2.75, 3.05) is 40.0 Å². The molecular weight excluding hydrogens is 550 g/mol. The molecule has 1 aliphatic heterocycles. The quantitative estimate of drug-likeness (QED) is 0.279. The first kappa shape index (κ1) is 30.2.